The number of benzene rings is 1. The average Bonchev–Trinajstić information content (AvgIpc) is 2.43. The van der Waals surface area contributed by atoms with Crippen LogP contribution in [0.2, 0.25) is 0 Å². The molecule has 0 saturated heterocycles. The zero-order valence-corrected chi connectivity index (χ0v) is 15.5. The SMILES string of the molecule is CCCCCCCCCOS(=O)(=O)c1ccccc1.[Na]. The van der Waals surface area contributed by atoms with Crippen molar-refractivity contribution in [3.63, 3.8) is 0 Å². The van der Waals surface area contributed by atoms with E-state index in [0.717, 1.165) is 19.3 Å². The van der Waals surface area contributed by atoms with Crippen LogP contribution in [0.25, 0.3) is 0 Å². The molecule has 5 heteroatoms. The Bertz CT molecular complexity index is 432. The molecule has 0 unspecified atom stereocenters. The predicted octanol–water partition coefficient (Wildman–Crippen LogP) is 3.76. The Balaban J connectivity index is 0.00000361. The van der Waals surface area contributed by atoms with E-state index in [2.05, 4.69) is 6.92 Å². The molecular formula is C15H24NaO3S. The molecule has 109 valence electrons. The quantitative estimate of drug-likeness (QED) is 0.375. The summed E-state index contributed by atoms with van der Waals surface area (Å²) < 4.78 is 28.6. The molecule has 1 aromatic rings. The molecule has 0 heterocycles. The van der Waals surface area contributed by atoms with Gasteiger partial charge in [0.2, 0.25) is 0 Å². The summed E-state index contributed by atoms with van der Waals surface area (Å²) in [5.74, 6) is 0. The molecule has 0 N–H and O–H groups in total. The fourth-order valence-electron chi connectivity index (χ4n) is 1.88. The average molecular weight is 307 g/mol. The van der Waals surface area contributed by atoms with E-state index in [1.54, 1.807) is 30.3 Å². The minimum atomic E-state index is -3.56. The molecule has 0 atom stereocenters. The summed E-state index contributed by atoms with van der Waals surface area (Å²) in [6, 6.07) is 8.30. The van der Waals surface area contributed by atoms with E-state index in [9.17, 15) is 8.42 Å². The Morgan fingerprint density at radius 2 is 1.45 bits per heavy atom. The van der Waals surface area contributed by atoms with Gasteiger partial charge < -0.3 is 0 Å². The van der Waals surface area contributed by atoms with Crippen LogP contribution in [0.3, 0.4) is 0 Å². The molecule has 1 radical (unpaired) electrons. The Kier molecular flexibility index (Phi) is 11.8. The molecule has 1 aromatic carbocycles. The fourth-order valence-corrected chi connectivity index (χ4v) is 2.85. The standard InChI is InChI=1S/C15H24O3S.Na/c1-2-3-4-5-6-7-11-14-18-19(16,17)15-12-9-8-10-13-15;/h8-10,12-13H,2-7,11,14H2,1H3;. The first kappa shape index (κ1) is 20.1. The summed E-state index contributed by atoms with van der Waals surface area (Å²) in [6.45, 7) is 2.48. The minimum absolute atomic E-state index is 0. The van der Waals surface area contributed by atoms with Crippen LogP contribution in [-0.2, 0) is 14.3 Å². The summed E-state index contributed by atoms with van der Waals surface area (Å²) in [4.78, 5) is 0.234. The third-order valence-corrected chi connectivity index (χ3v) is 4.34. The Morgan fingerprint density at radius 3 is 2.05 bits per heavy atom. The van der Waals surface area contributed by atoms with Gasteiger partial charge in [-0.05, 0) is 18.6 Å². The van der Waals surface area contributed by atoms with Crippen LogP contribution < -0.4 is 0 Å². The van der Waals surface area contributed by atoms with Gasteiger partial charge in [-0.2, -0.15) is 8.42 Å². The first-order chi connectivity index (χ1) is 9.17. The number of hydrogen-bond acceptors (Lipinski definition) is 3. The molecule has 0 amide bonds. The molecule has 0 fully saturated rings. The van der Waals surface area contributed by atoms with Crippen molar-refractivity contribution >= 4 is 39.7 Å². The van der Waals surface area contributed by atoms with Crippen LogP contribution in [0, 0.1) is 0 Å². The van der Waals surface area contributed by atoms with Crippen LogP contribution in [0.5, 0.6) is 0 Å². The zero-order valence-electron chi connectivity index (χ0n) is 12.7. The molecule has 0 bridgehead atoms. The van der Waals surface area contributed by atoms with Crippen molar-refractivity contribution in [3.8, 4) is 0 Å². The summed E-state index contributed by atoms with van der Waals surface area (Å²) in [5, 5.41) is 0. The molecule has 3 nitrogen and oxygen atoms in total. The van der Waals surface area contributed by atoms with Crippen molar-refractivity contribution in [1.29, 1.82) is 0 Å². The normalized spacial score (nSPS) is 11.1. The maximum Gasteiger partial charge on any atom is 0.296 e. The van der Waals surface area contributed by atoms with E-state index in [1.807, 2.05) is 0 Å². The molecule has 1 rings (SSSR count). The van der Waals surface area contributed by atoms with Gasteiger partial charge in [-0.1, -0.05) is 63.6 Å². The first-order valence-electron chi connectivity index (χ1n) is 7.11. The summed E-state index contributed by atoms with van der Waals surface area (Å²) >= 11 is 0. The van der Waals surface area contributed by atoms with Gasteiger partial charge in [-0.3, -0.25) is 4.18 Å². The first-order valence-corrected chi connectivity index (χ1v) is 8.52. The predicted molar refractivity (Wildman–Crippen MR) is 83.3 cm³/mol. The van der Waals surface area contributed by atoms with E-state index < -0.39 is 10.1 Å². The second kappa shape index (κ2) is 11.8. The van der Waals surface area contributed by atoms with E-state index >= 15 is 0 Å². The Hall–Kier alpha value is 0.130. The number of hydrogen-bond donors (Lipinski definition) is 0. The van der Waals surface area contributed by atoms with Gasteiger partial charge in [0, 0.05) is 29.6 Å². The Morgan fingerprint density at radius 1 is 0.900 bits per heavy atom. The van der Waals surface area contributed by atoms with Crippen LogP contribution >= 0.6 is 0 Å². The van der Waals surface area contributed by atoms with Crippen LogP contribution in [0.15, 0.2) is 35.2 Å². The summed E-state index contributed by atoms with van der Waals surface area (Å²) in [5.41, 5.74) is 0. The van der Waals surface area contributed by atoms with Gasteiger partial charge in [0.25, 0.3) is 10.1 Å². The molecule has 20 heavy (non-hydrogen) atoms. The second-order valence-corrected chi connectivity index (χ2v) is 6.33. The largest absolute Gasteiger partial charge is 0.296 e. The molecule has 0 saturated carbocycles. The molecule has 0 aliphatic carbocycles. The monoisotopic (exact) mass is 307 g/mol. The van der Waals surface area contributed by atoms with Gasteiger partial charge in [0.1, 0.15) is 0 Å². The molecule has 0 spiro atoms. The van der Waals surface area contributed by atoms with Gasteiger partial charge in [-0.15, -0.1) is 0 Å². The second-order valence-electron chi connectivity index (χ2n) is 4.71. The van der Waals surface area contributed by atoms with E-state index in [1.165, 1.54) is 25.7 Å². The maximum atomic E-state index is 11.8. The van der Waals surface area contributed by atoms with Crippen molar-refractivity contribution < 1.29 is 12.6 Å². The molecular weight excluding hydrogens is 283 g/mol. The van der Waals surface area contributed by atoms with Gasteiger partial charge >= 0.3 is 0 Å². The van der Waals surface area contributed by atoms with Crippen molar-refractivity contribution in [2.24, 2.45) is 0 Å². The fraction of sp³-hybridized carbons (Fsp3) is 0.600. The third kappa shape index (κ3) is 8.42. The van der Waals surface area contributed by atoms with Crippen molar-refractivity contribution in [2.45, 2.75) is 56.8 Å². The summed E-state index contributed by atoms with van der Waals surface area (Å²) in [7, 11) is -3.56. The van der Waals surface area contributed by atoms with Gasteiger partial charge in [-0.25, -0.2) is 0 Å². The summed E-state index contributed by atoms with van der Waals surface area (Å²) in [6.07, 6.45) is 8.05. The van der Waals surface area contributed by atoms with E-state index in [4.69, 9.17) is 4.18 Å². The van der Waals surface area contributed by atoms with Gasteiger partial charge in [0.05, 0.1) is 11.5 Å². The molecule has 0 aliphatic rings. The van der Waals surface area contributed by atoms with Crippen molar-refractivity contribution in [1.82, 2.24) is 0 Å². The minimum Gasteiger partial charge on any atom is -0.266 e. The van der Waals surface area contributed by atoms with Crippen LogP contribution in [0.4, 0.5) is 0 Å². The van der Waals surface area contributed by atoms with E-state index in [-0.39, 0.29) is 41.1 Å². The third-order valence-electron chi connectivity index (χ3n) is 3.02. The van der Waals surface area contributed by atoms with E-state index in [0.29, 0.717) is 0 Å². The van der Waals surface area contributed by atoms with Crippen LogP contribution in [-0.4, -0.2) is 44.6 Å². The van der Waals surface area contributed by atoms with Crippen LogP contribution in [0.1, 0.15) is 51.9 Å². The molecule has 0 aliphatic heterocycles. The topological polar surface area (TPSA) is 43.4 Å². The smallest absolute Gasteiger partial charge is 0.266 e. The van der Waals surface area contributed by atoms with Gasteiger partial charge in [0.15, 0.2) is 0 Å². The van der Waals surface area contributed by atoms with Crippen molar-refractivity contribution in [2.75, 3.05) is 6.61 Å². The number of rotatable bonds is 10. The number of unbranched alkanes of at least 4 members (excludes halogenated alkanes) is 6. The zero-order chi connectivity index (χ0) is 14.0. The molecule has 0 aromatic heterocycles. The van der Waals surface area contributed by atoms with Crippen molar-refractivity contribution in [3.05, 3.63) is 30.3 Å². The Labute approximate surface area is 145 Å². The maximum absolute atomic E-state index is 11.8.